The monoisotopic (exact) mass is 268 g/mol. The lowest BCUT2D eigenvalue weighted by molar-refractivity contribution is -0.0124. The maximum atomic E-state index is 13.3. The highest BCUT2D eigenvalue weighted by Gasteiger charge is 2.15. The molecule has 4 nitrogen and oxygen atoms in total. The van der Waals surface area contributed by atoms with Gasteiger partial charge in [0.05, 0.1) is 12.2 Å². The van der Waals surface area contributed by atoms with Gasteiger partial charge in [-0.2, -0.15) is 0 Å². The Morgan fingerprint density at radius 1 is 1.37 bits per heavy atom. The van der Waals surface area contributed by atoms with E-state index in [1.807, 2.05) is 13.8 Å². The number of nitrogens with two attached hydrogens (primary N) is 1. The summed E-state index contributed by atoms with van der Waals surface area (Å²) in [5.74, 6) is -0.565. The Morgan fingerprint density at radius 3 is 2.63 bits per heavy atom. The van der Waals surface area contributed by atoms with Crippen LogP contribution in [0.4, 0.5) is 4.39 Å². The second-order valence-electron chi connectivity index (χ2n) is 5.03. The van der Waals surface area contributed by atoms with Gasteiger partial charge in [-0.25, -0.2) is 4.39 Å². The van der Waals surface area contributed by atoms with E-state index in [4.69, 9.17) is 20.6 Å². The molecule has 5 heteroatoms. The van der Waals surface area contributed by atoms with Gasteiger partial charge in [0.25, 0.3) is 0 Å². The molecule has 0 heterocycles. The zero-order chi connectivity index (χ0) is 14.5. The number of methoxy groups -OCH3 is 1. The number of ether oxygens (including phenoxy) is 2. The molecule has 0 atom stereocenters. The minimum atomic E-state index is -0.413. The number of hydrogen-bond donors (Lipinski definition) is 2. The highest BCUT2D eigenvalue weighted by molar-refractivity contribution is 5.95. The van der Waals surface area contributed by atoms with Crippen LogP contribution < -0.4 is 5.73 Å². The number of halogens is 1. The predicted octanol–water partition coefficient (Wildman–Crippen LogP) is 2.44. The fourth-order valence-corrected chi connectivity index (χ4v) is 1.50. The average Bonchev–Trinajstić information content (AvgIpc) is 2.34. The predicted molar refractivity (Wildman–Crippen MR) is 72.8 cm³/mol. The Labute approximate surface area is 113 Å². The van der Waals surface area contributed by atoms with E-state index in [0.717, 1.165) is 6.42 Å². The second kappa shape index (κ2) is 6.63. The Morgan fingerprint density at radius 2 is 2.05 bits per heavy atom. The number of nitrogens with one attached hydrogen (secondary N) is 1. The van der Waals surface area contributed by atoms with E-state index in [1.165, 1.54) is 12.1 Å². The molecule has 1 rings (SSSR count). The third kappa shape index (κ3) is 5.36. The highest BCUT2D eigenvalue weighted by Crippen LogP contribution is 2.14. The molecule has 0 fully saturated rings. The van der Waals surface area contributed by atoms with Crippen LogP contribution >= 0.6 is 0 Å². The van der Waals surface area contributed by atoms with E-state index in [1.54, 1.807) is 13.2 Å². The van der Waals surface area contributed by atoms with Gasteiger partial charge in [-0.05, 0) is 44.0 Å². The number of hydrogen-bond acceptors (Lipinski definition) is 3. The van der Waals surface area contributed by atoms with E-state index in [9.17, 15) is 4.39 Å². The number of rotatable bonds is 7. The van der Waals surface area contributed by atoms with Gasteiger partial charge in [0.2, 0.25) is 0 Å². The van der Waals surface area contributed by atoms with Crippen molar-refractivity contribution in [3.63, 3.8) is 0 Å². The van der Waals surface area contributed by atoms with E-state index in [-0.39, 0.29) is 18.0 Å². The molecule has 0 spiro atoms. The SMILES string of the molecule is COC(C)(C)CCOCc1cc(F)cc(C(=N)N)c1. The van der Waals surface area contributed by atoms with Crippen molar-refractivity contribution in [1.82, 2.24) is 0 Å². The summed E-state index contributed by atoms with van der Waals surface area (Å²) in [7, 11) is 1.66. The molecular formula is C14H21FN2O2. The van der Waals surface area contributed by atoms with E-state index in [0.29, 0.717) is 17.7 Å². The van der Waals surface area contributed by atoms with Crippen LogP contribution in [0.1, 0.15) is 31.4 Å². The van der Waals surface area contributed by atoms with Crippen LogP contribution in [0.25, 0.3) is 0 Å². The molecule has 0 saturated carbocycles. The van der Waals surface area contributed by atoms with Crippen LogP contribution in [0.2, 0.25) is 0 Å². The summed E-state index contributed by atoms with van der Waals surface area (Å²) < 4.78 is 24.1. The van der Waals surface area contributed by atoms with Gasteiger partial charge in [-0.1, -0.05) is 0 Å². The van der Waals surface area contributed by atoms with Crippen LogP contribution in [0, 0.1) is 11.2 Å². The van der Waals surface area contributed by atoms with Crippen molar-refractivity contribution < 1.29 is 13.9 Å². The van der Waals surface area contributed by atoms with Crippen LogP contribution in [0.3, 0.4) is 0 Å². The van der Waals surface area contributed by atoms with Gasteiger partial charge in [-0.3, -0.25) is 5.41 Å². The molecule has 0 aliphatic carbocycles. The molecular weight excluding hydrogens is 247 g/mol. The van der Waals surface area contributed by atoms with Crippen LogP contribution in [-0.2, 0) is 16.1 Å². The smallest absolute Gasteiger partial charge is 0.124 e. The highest BCUT2D eigenvalue weighted by atomic mass is 19.1. The van der Waals surface area contributed by atoms with Crippen molar-refractivity contribution in [1.29, 1.82) is 5.41 Å². The fraction of sp³-hybridized carbons (Fsp3) is 0.500. The first-order valence-corrected chi connectivity index (χ1v) is 6.11. The Bertz CT molecular complexity index is 447. The molecule has 0 aliphatic heterocycles. The van der Waals surface area contributed by atoms with Gasteiger partial charge < -0.3 is 15.2 Å². The summed E-state index contributed by atoms with van der Waals surface area (Å²) in [6, 6.07) is 4.28. The third-order valence-electron chi connectivity index (χ3n) is 2.94. The molecule has 0 aromatic heterocycles. The van der Waals surface area contributed by atoms with E-state index < -0.39 is 5.82 Å². The minimum Gasteiger partial charge on any atom is -0.384 e. The maximum Gasteiger partial charge on any atom is 0.124 e. The minimum absolute atomic E-state index is 0.152. The Hall–Kier alpha value is -1.46. The molecule has 0 aliphatic rings. The lowest BCUT2D eigenvalue weighted by Gasteiger charge is -2.22. The average molecular weight is 268 g/mol. The summed E-state index contributed by atoms with van der Waals surface area (Å²) in [6.07, 6.45) is 0.748. The van der Waals surface area contributed by atoms with Crippen molar-refractivity contribution in [3.05, 3.63) is 35.1 Å². The van der Waals surface area contributed by atoms with Crippen LogP contribution in [-0.4, -0.2) is 25.2 Å². The molecule has 19 heavy (non-hydrogen) atoms. The van der Waals surface area contributed by atoms with Crippen LogP contribution in [0.5, 0.6) is 0 Å². The number of benzene rings is 1. The molecule has 0 saturated heterocycles. The summed E-state index contributed by atoms with van der Waals surface area (Å²) in [5.41, 5.74) is 6.15. The third-order valence-corrected chi connectivity index (χ3v) is 2.94. The molecule has 0 amide bonds. The van der Waals surface area contributed by atoms with Crippen molar-refractivity contribution in [2.75, 3.05) is 13.7 Å². The lowest BCUT2D eigenvalue weighted by Crippen LogP contribution is -2.24. The topological polar surface area (TPSA) is 68.3 Å². The van der Waals surface area contributed by atoms with Gasteiger partial charge in [0, 0.05) is 19.3 Å². The first-order valence-electron chi connectivity index (χ1n) is 6.11. The van der Waals surface area contributed by atoms with Crippen LogP contribution in [0.15, 0.2) is 18.2 Å². The molecule has 0 bridgehead atoms. The summed E-state index contributed by atoms with van der Waals surface area (Å²) in [5, 5.41) is 7.30. The summed E-state index contributed by atoms with van der Waals surface area (Å²) in [4.78, 5) is 0. The number of nitrogen functional groups attached to an aromatic ring is 1. The standard InChI is InChI=1S/C14H21FN2O2/c1-14(2,18-3)4-5-19-9-10-6-11(13(16)17)8-12(15)7-10/h6-8H,4-5,9H2,1-3H3,(H3,16,17). The Kier molecular flexibility index (Phi) is 5.44. The largest absolute Gasteiger partial charge is 0.384 e. The summed E-state index contributed by atoms with van der Waals surface area (Å²) >= 11 is 0. The molecule has 106 valence electrons. The van der Waals surface area contributed by atoms with Gasteiger partial charge in [0.1, 0.15) is 11.7 Å². The van der Waals surface area contributed by atoms with Crippen molar-refractivity contribution in [3.8, 4) is 0 Å². The first-order chi connectivity index (χ1) is 8.84. The molecule has 0 unspecified atom stereocenters. The summed E-state index contributed by atoms with van der Waals surface area (Å²) in [6.45, 7) is 4.77. The quantitative estimate of drug-likeness (QED) is 0.453. The van der Waals surface area contributed by atoms with Gasteiger partial charge in [0.15, 0.2) is 0 Å². The second-order valence-corrected chi connectivity index (χ2v) is 5.03. The number of amidine groups is 1. The zero-order valence-corrected chi connectivity index (χ0v) is 11.6. The van der Waals surface area contributed by atoms with Gasteiger partial charge >= 0.3 is 0 Å². The molecule has 3 N–H and O–H groups in total. The fourth-order valence-electron chi connectivity index (χ4n) is 1.50. The maximum absolute atomic E-state index is 13.3. The lowest BCUT2D eigenvalue weighted by atomic mass is 10.1. The van der Waals surface area contributed by atoms with E-state index >= 15 is 0 Å². The first kappa shape index (κ1) is 15.6. The van der Waals surface area contributed by atoms with E-state index in [2.05, 4.69) is 0 Å². The molecule has 0 radical (unpaired) electrons. The Balaban J connectivity index is 2.52. The van der Waals surface area contributed by atoms with Gasteiger partial charge in [-0.15, -0.1) is 0 Å². The molecule has 1 aromatic rings. The van der Waals surface area contributed by atoms with Crippen molar-refractivity contribution in [2.45, 2.75) is 32.5 Å². The molecule has 1 aromatic carbocycles. The van der Waals surface area contributed by atoms with Crippen molar-refractivity contribution >= 4 is 5.84 Å². The normalized spacial score (nSPS) is 11.6. The van der Waals surface area contributed by atoms with Crippen molar-refractivity contribution in [2.24, 2.45) is 5.73 Å². The zero-order valence-electron chi connectivity index (χ0n) is 11.6.